The summed E-state index contributed by atoms with van der Waals surface area (Å²) in [7, 11) is 1.64. The standard InChI is InChI=1S/C10H14N2O2S/c1-11-8(10(13)14)9-12-7(5-15-9)6-3-2-4-6/h5-6,8,11H,2-4H2,1H3,(H,13,14). The van der Waals surface area contributed by atoms with Crippen LogP contribution in [0.4, 0.5) is 0 Å². The van der Waals surface area contributed by atoms with Crippen molar-refractivity contribution in [3.8, 4) is 0 Å². The fourth-order valence-electron chi connectivity index (χ4n) is 1.68. The van der Waals surface area contributed by atoms with Gasteiger partial charge in [0.1, 0.15) is 5.01 Å². The Morgan fingerprint density at radius 3 is 2.93 bits per heavy atom. The van der Waals surface area contributed by atoms with Gasteiger partial charge >= 0.3 is 5.97 Å². The highest BCUT2D eigenvalue weighted by atomic mass is 32.1. The van der Waals surface area contributed by atoms with Crippen LogP contribution in [-0.2, 0) is 4.79 Å². The minimum Gasteiger partial charge on any atom is -0.480 e. The van der Waals surface area contributed by atoms with Gasteiger partial charge in [-0.05, 0) is 19.9 Å². The summed E-state index contributed by atoms with van der Waals surface area (Å²) in [5.74, 6) is -0.298. The minimum absolute atomic E-state index is 0.571. The fraction of sp³-hybridized carbons (Fsp3) is 0.600. The highest BCUT2D eigenvalue weighted by Gasteiger charge is 2.25. The van der Waals surface area contributed by atoms with Crippen molar-refractivity contribution < 1.29 is 9.90 Å². The maximum absolute atomic E-state index is 10.9. The molecule has 1 heterocycles. The van der Waals surface area contributed by atoms with Crippen LogP contribution < -0.4 is 5.32 Å². The van der Waals surface area contributed by atoms with Gasteiger partial charge in [-0.25, -0.2) is 4.98 Å². The first-order chi connectivity index (χ1) is 7.22. The van der Waals surface area contributed by atoms with Gasteiger partial charge in [0.15, 0.2) is 6.04 Å². The van der Waals surface area contributed by atoms with E-state index in [1.165, 1.54) is 30.6 Å². The molecule has 0 aromatic carbocycles. The molecule has 5 heteroatoms. The summed E-state index contributed by atoms with van der Waals surface area (Å²) in [5.41, 5.74) is 1.07. The Bertz CT molecular complexity index is 360. The number of carboxylic acid groups (broad SMARTS) is 1. The lowest BCUT2D eigenvalue weighted by Crippen LogP contribution is -2.25. The van der Waals surface area contributed by atoms with Crippen LogP contribution in [-0.4, -0.2) is 23.1 Å². The number of hydrogen-bond donors (Lipinski definition) is 2. The number of nitrogens with zero attached hydrogens (tertiary/aromatic N) is 1. The SMILES string of the molecule is CNC(C(=O)O)c1nc(C2CCC2)cs1. The molecule has 1 saturated carbocycles. The second-order valence-corrected chi connectivity index (χ2v) is 4.69. The van der Waals surface area contributed by atoms with Crippen LogP contribution in [0.1, 0.15) is 41.9 Å². The van der Waals surface area contributed by atoms with Crippen molar-refractivity contribution in [2.45, 2.75) is 31.2 Å². The van der Waals surface area contributed by atoms with Gasteiger partial charge in [0, 0.05) is 11.3 Å². The Kier molecular flexibility index (Phi) is 3.02. The number of thiazole rings is 1. The first kappa shape index (κ1) is 10.6. The van der Waals surface area contributed by atoms with Gasteiger partial charge in [-0.2, -0.15) is 0 Å². The molecule has 1 fully saturated rings. The summed E-state index contributed by atoms with van der Waals surface area (Å²) in [6.45, 7) is 0. The Hall–Kier alpha value is -0.940. The van der Waals surface area contributed by atoms with Crippen molar-refractivity contribution in [1.82, 2.24) is 10.3 Å². The van der Waals surface area contributed by atoms with Crippen LogP contribution in [0.25, 0.3) is 0 Å². The lowest BCUT2D eigenvalue weighted by Gasteiger charge is -2.23. The third kappa shape index (κ3) is 2.03. The van der Waals surface area contributed by atoms with Crippen LogP contribution in [0.2, 0.25) is 0 Å². The molecule has 0 spiro atoms. The molecule has 0 bridgehead atoms. The molecule has 0 saturated heterocycles. The average molecular weight is 226 g/mol. The van der Waals surface area contributed by atoms with E-state index in [1.807, 2.05) is 5.38 Å². The molecular weight excluding hydrogens is 212 g/mol. The number of carboxylic acids is 1. The molecule has 0 radical (unpaired) electrons. The van der Waals surface area contributed by atoms with Crippen molar-refractivity contribution in [3.05, 3.63) is 16.1 Å². The number of carbonyl (C=O) groups is 1. The second kappa shape index (κ2) is 4.28. The zero-order chi connectivity index (χ0) is 10.8. The molecule has 2 N–H and O–H groups in total. The third-order valence-electron chi connectivity index (χ3n) is 2.85. The zero-order valence-electron chi connectivity index (χ0n) is 8.56. The summed E-state index contributed by atoms with van der Waals surface area (Å²) in [6.07, 6.45) is 3.66. The monoisotopic (exact) mass is 226 g/mol. The normalized spacial score (nSPS) is 18.5. The summed E-state index contributed by atoms with van der Waals surface area (Å²) >= 11 is 1.43. The number of rotatable bonds is 4. The minimum atomic E-state index is -0.869. The number of nitrogens with one attached hydrogen (secondary N) is 1. The second-order valence-electron chi connectivity index (χ2n) is 3.80. The van der Waals surface area contributed by atoms with Gasteiger partial charge in [0.2, 0.25) is 0 Å². The number of aliphatic carboxylic acids is 1. The quantitative estimate of drug-likeness (QED) is 0.821. The van der Waals surface area contributed by atoms with E-state index in [-0.39, 0.29) is 0 Å². The molecule has 2 rings (SSSR count). The van der Waals surface area contributed by atoms with Crippen LogP contribution in [0.15, 0.2) is 5.38 Å². The lowest BCUT2D eigenvalue weighted by atomic mass is 9.83. The summed E-state index contributed by atoms with van der Waals surface area (Å²) in [4.78, 5) is 15.3. The van der Waals surface area contributed by atoms with Crippen LogP contribution in [0, 0.1) is 0 Å². The molecule has 4 nitrogen and oxygen atoms in total. The van der Waals surface area contributed by atoms with E-state index >= 15 is 0 Å². The summed E-state index contributed by atoms with van der Waals surface area (Å²) in [5, 5.41) is 14.4. The van der Waals surface area contributed by atoms with Crippen LogP contribution >= 0.6 is 11.3 Å². The number of likely N-dealkylation sites (N-methyl/N-ethyl adjacent to an activating group) is 1. The van der Waals surface area contributed by atoms with Crippen molar-refractivity contribution in [2.75, 3.05) is 7.05 Å². The summed E-state index contributed by atoms with van der Waals surface area (Å²) < 4.78 is 0. The molecule has 1 aromatic heterocycles. The van der Waals surface area contributed by atoms with E-state index in [0.29, 0.717) is 10.9 Å². The van der Waals surface area contributed by atoms with E-state index in [1.54, 1.807) is 7.05 Å². The highest BCUT2D eigenvalue weighted by Crippen LogP contribution is 2.37. The van der Waals surface area contributed by atoms with Gasteiger partial charge in [-0.1, -0.05) is 6.42 Å². The highest BCUT2D eigenvalue weighted by molar-refractivity contribution is 7.09. The van der Waals surface area contributed by atoms with Crippen LogP contribution in [0.3, 0.4) is 0 Å². The first-order valence-corrected chi connectivity index (χ1v) is 5.95. The Balaban J connectivity index is 2.14. The Labute approximate surface area is 92.3 Å². The smallest absolute Gasteiger partial charge is 0.327 e. The maximum atomic E-state index is 10.9. The van der Waals surface area contributed by atoms with Crippen LogP contribution in [0.5, 0.6) is 0 Å². The largest absolute Gasteiger partial charge is 0.480 e. The summed E-state index contributed by atoms with van der Waals surface area (Å²) in [6, 6.07) is -0.663. The average Bonchev–Trinajstić information content (AvgIpc) is 2.51. The molecule has 15 heavy (non-hydrogen) atoms. The third-order valence-corrected chi connectivity index (χ3v) is 3.77. The topological polar surface area (TPSA) is 62.2 Å². The maximum Gasteiger partial charge on any atom is 0.327 e. The first-order valence-electron chi connectivity index (χ1n) is 5.07. The molecule has 1 aromatic rings. The molecule has 1 unspecified atom stereocenters. The van der Waals surface area contributed by atoms with Gasteiger partial charge in [0.05, 0.1) is 5.69 Å². The Morgan fingerprint density at radius 2 is 2.47 bits per heavy atom. The molecule has 82 valence electrons. The van der Waals surface area contributed by atoms with E-state index in [2.05, 4.69) is 10.3 Å². The number of aromatic nitrogens is 1. The van der Waals surface area contributed by atoms with Gasteiger partial charge in [-0.3, -0.25) is 4.79 Å². The van der Waals surface area contributed by atoms with Gasteiger partial charge < -0.3 is 10.4 Å². The molecule has 0 aliphatic heterocycles. The van der Waals surface area contributed by atoms with Crippen molar-refractivity contribution >= 4 is 17.3 Å². The van der Waals surface area contributed by atoms with Gasteiger partial charge in [-0.15, -0.1) is 11.3 Å². The fourth-order valence-corrected chi connectivity index (χ4v) is 2.68. The molecule has 1 aliphatic carbocycles. The Morgan fingerprint density at radius 1 is 1.73 bits per heavy atom. The van der Waals surface area contributed by atoms with E-state index in [0.717, 1.165) is 5.69 Å². The lowest BCUT2D eigenvalue weighted by molar-refractivity contribution is -0.139. The molecule has 1 atom stereocenters. The predicted octanol–water partition coefficient (Wildman–Crippen LogP) is 1.76. The molecular formula is C10H14N2O2S. The van der Waals surface area contributed by atoms with Crippen molar-refractivity contribution in [3.63, 3.8) is 0 Å². The van der Waals surface area contributed by atoms with E-state index < -0.39 is 12.0 Å². The molecule has 1 aliphatic rings. The van der Waals surface area contributed by atoms with Crippen molar-refractivity contribution in [2.24, 2.45) is 0 Å². The molecule has 0 amide bonds. The predicted molar refractivity (Wildman–Crippen MR) is 58.1 cm³/mol. The van der Waals surface area contributed by atoms with E-state index in [9.17, 15) is 4.79 Å². The number of hydrogen-bond acceptors (Lipinski definition) is 4. The van der Waals surface area contributed by atoms with Gasteiger partial charge in [0.25, 0.3) is 0 Å². The zero-order valence-corrected chi connectivity index (χ0v) is 9.38. The van der Waals surface area contributed by atoms with Crippen molar-refractivity contribution in [1.29, 1.82) is 0 Å². The van der Waals surface area contributed by atoms with E-state index in [4.69, 9.17) is 5.11 Å².